The minimum Gasteiger partial charge on any atom is -0.484 e. The van der Waals surface area contributed by atoms with Crippen LogP contribution in [-0.2, 0) is 14.3 Å². The van der Waals surface area contributed by atoms with Crippen molar-refractivity contribution in [3.8, 4) is 5.75 Å². The van der Waals surface area contributed by atoms with Crippen LogP contribution in [0.2, 0.25) is 0 Å². The largest absolute Gasteiger partial charge is 0.484 e. The van der Waals surface area contributed by atoms with Crippen LogP contribution >= 0.6 is 0 Å². The number of benzene rings is 2. The molecule has 8 heteroatoms. The molecule has 0 heterocycles. The predicted molar refractivity (Wildman–Crippen MR) is 99.3 cm³/mol. The Hall–Kier alpha value is -3.68. The van der Waals surface area contributed by atoms with E-state index in [2.05, 4.69) is 5.32 Å². The lowest BCUT2D eigenvalue weighted by molar-refractivity contribution is -0.384. The number of carbonyl (C=O) groups is 2. The Labute approximate surface area is 155 Å². The third-order valence-corrected chi connectivity index (χ3v) is 3.31. The molecule has 8 nitrogen and oxygen atoms in total. The maximum atomic E-state index is 11.9. The summed E-state index contributed by atoms with van der Waals surface area (Å²) in [6, 6.07) is 12.3. The highest BCUT2D eigenvalue weighted by atomic mass is 16.6. The van der Waals surface area contributed by atoms with E-state index in [1.54, 1.807) is 37.3 Å². The Morgan fingerprint density at radius 1 is 1.11 bits per heavy atom. The maximum absolute atomic E-state index is 11.9. The smallest absolute Gasteiger partial charge is 0.330 e. The van der Waals surface area contributed by atoms with Gasteiger partial charge < -0.3 is 14.8 Å². The minimum atomic E-state index is -0.512. The second kappa shape index (κ2) is 9.71. The number of nitrogens with zero attached hydrogens (tertiary/aromatic N) is 1. The number of nitro groups is 1. The Morgan fingerprint density at radius 2 is 1.78 bits per heavy atom. The van der Waals surface area contributed by atoms with E-state index in [1.807, 2.05) is 0 Å². The summed E-state index contributed by atoms with van der Waals surface area (Å²) in [4.78, 5) is 33.2. The molecule has 2 aromatic rings. The average Bonchev–Trinajstić information content (AvgIpc) is 2.66. The van der Waals surface area contributed by atoms with E-state index >= 15 is 0 Å². The average molecular weight is 370 g/mol. The van der Waals surface area contributed by atoms with E-state index in [9.17, 15) is 19.7 Å². The number of nitrogens with one attached hydrogen (secondary N) is 1. The number of nitro benzene ring substituents is 1. The van der Waals surface area contributed by atoms with Gasteiger partial charge in [0, 0.05) is 23.9 Å². The van der Waals surface area contributed by atoms with Gasteiger partial charge in [-0.1, -0.05) is 12.1 Å². The summed E-state index contributed by atoms with van der Waals surface area (Å²) in [7, 11) is 0. The summed E-state index contributed by atoms with van der Waals surface area (Å²) >= 11 is 0. The Kier molecular flexibility index (Phi) is 7.07. The summed E-state index contributed by atoms with van der Waals surface area (Å²) in [5.74, 6) is -0.434. The van der Waals surface area contributed by atoms with E-state index in [-0.39, 0.29) is 18.2 Å². The van der Waals surface area contributed by atoms with Gasteiger partial charge in [-0.05, 0) is 42.8 Å². The van der Waals surface area contributed by atoms with E-state index in [0.29, 0.717) is 18.0 Å². The first-order chi connectivity index (χ1) is 13.0. The summed E-state index contributed by atoms with van der Waals surface area (Å²) in [6.07, 6.45) is 2.94. The Bertz CT molecular complexity index is 828. The van der Waals surface area contributed by atoms with Gasteiger partial charge in [0.25, 0.3) is 11.6 Å². The molecule has 0 aliphatic carbocycles. The summed E-state index contributed by atoms with van der Waals surface area (Å²) in [5, 5.41) is 13.2. The minimum absolute atomic E-state index is 0.0519. The van der Waals surface area contributed by atoms with Gasteiger partial charge in [-0.2, -0.15) is 0 Å². The molecule has 1 amide bonds. The molecule has 0 unspecified atom stereocenters. The first kappa shape index (κ1) is 19.6. The number of esters is 1. The van der Waals surface area contributed by atoms with Crippen LogP contribution in [-0.4, -0.2) is 30.0 Å². The van der Waals surface area contributed by atoms with Crippen LogP contribution in [0.4, 0.5) is 11.4 Å². The summed E-state index contributed by atoms with van der Waals surface area (Å²) < 4.78 is 10.1. The van der Waals surface area contributed by atoms with Crippen molar-refractivity contribution in [3.63, 3.8) is 0 Å². The van der Waals surface area contributed by atoms with E-state index in [0.717, 1.165) is 5.56 Å². The lowest BCUT2D eigenvalue weighted by atomic mass is 10.2. The molecule has 0 aliphatic heterocycles. The molecule has 1 N–H and O–H groups in total. The second-order valence-electron chi connectivity index (χ2n) is 5.30. The molecule has 0 atom stereocenters. The summed E-state index contributed by atoms with van der Waals surface area (Å²) in [5.41, 5.74) is 1.30. The Morgan fingerprint density at radius 3 is 2.37 bits per heavy atom. The highest BCUT2D eigenvalue weighted by Crippen LogP contribution is 2.17. The number of non-ortho nitro benzene ring substituents is 1. The molecule has 0 aromatic heterocycles. The third-order valence-electron chi connectivity index (χ3n) is 3.31. The maximum Gasteiger partial charge on any atom is 0.330 e. The molecule has 140 valence electrons. The molecule has 0 bridgehead atoms. The van der Waals surface area contributed by atoms with Crippen molar-refractivity contribution >= 4 is 29.3 Å². The van der Waals surface area contributed by atoms with E-state index < -0.39 is 10.9 Å². The van der Waals surface area contributed by atoms with Crippen molar-refractivity contribution in [1.82, 2.24) is 0 Å². The molecule has 0 radical (unpaired) electrons. The molecule has 0 aliphatic rings. The Balaban J connectivity index is 1.83. The SMILES string of the molecule is CCOC(=O)/C=C/c1ccc(NC(=O)COc2ccc([N+](=O)[O-])cc2)cc1. The molecule has 2 rings (SSSR count). The number of hydrogen-bond donors (Lipinski definition) is 1. The van der Waals surface area contributed by atoms with Crippen molar-refractivity contribution in [2.45, 2.75) is 6.92 Å². The standard InChI is InChI=1S/C19H18N2O6/c1-2-26-19(23)12-5-14-3-6-15(7-4-14)20-18(22)13-27-17-10-8-16(9-11-17)21(24)25/h3-12H,2,13H2,1H3,(H,20,22)/b12-5+. The molecule has 0 saturated carbocycles. The number of rotatable bonds is 8. The van der Waals surface area contributed by atoms with Crippen LogP contribution in [0.3, 0.4) is 0 Å². The van der Waals surface area contributed by atoms with Gasteiger partial charge in [0.05, 0.1) is 11.5 Å². The van der Waals surface area contributed by atoms with E-state index in [1.165, 1.54) is 30.3 Å². The molecule has 0 saturated heterocycles. The number of amides is 1. The van der Waals surface area contributed by atoms with Crippen LogP contribution < -0.4 is 10.1 Å². The fourth-order valence-corrected chi connectivity index (χ4v) is 2.04. The monoisotopic (exact) mass is 370 g/mol. The van der Waals surface area contributed by atoms with Gasteiger partial charge in [-0.3, -0.25) is 14.9 Å². The fourth-order valence-electron chi connectivity index (χ4n) is 2.04. The highest BCUT2D eigenvalue weighted by Gasteiger charge is 2.07. The number of ether oxygens (including phenoxy) is 2. The van der Waals surface area contributed by atoms with Gasteiger partial charge >= 0.3 is 5.97 Å². The number of carbonyl (C=O) groups excluding carboxylic acids is 2. The molecular weight excluding hydrogens is 352 g/mol. The molecule has 27 heavy (non-hydrogen) atoms. The zero-order valence-corrected chi connectivity index (χ0v) is 14.6. The van der Waals surface area contributed by atoms with Gasteiger partial charge in [-0.15, -0.1) is 0 Å². The molecule has 0 fully saturated rings. The van der Waals surface area contributed by atoms with Crippen LogP contribution in [0.1, 0.15) is 12.5 Å². The first-order valence-electron chi connectivity index (χ1n) is 8.10. The topological polar surface area (TPSA) is 108 Å². The zero-order chi connectivity index (χ0) is 19.6. The van der Waals surface area contributed by atoms with Crippen molar-refractivity contribution in [2.24, 2.45) is 0 Å². The molecule has 0 spiro atoms. The zero-order valence-electron chi connectivity index (χ0n) is 14.6. The quantitative estimate of drug-likeness (QED) is 0.331. The van der Waals surface area contributed by atoms with Gasteiger partial charge in [0.15, 0.2) is 6.61 Å². The van der Waals surface area contributed by atoms with Crippen molar-refractivity contribution in [2.75, 3.05) is 18.5 Å². The van der Waals surface area contributed by atoms with Crippen molar-refractivity contribution < 1.29 is 24.0 Å². The van der Waals surface area contributed by atoms with Crippen LogP contribution in [0.5, 0.6) is 5.75 Å². The molecule has 2 aromatic carbocycles. The lowest BCUT2D eigenvalue weighted by Gasteiger charge is -2.07. The fraction of sp³-hybridized carbons (Fsp3) is 0.158. The van der Waals surface area contributed by atoms with Crippen LogP contribution in [0.25, 0.3) is 6.08 Å². The highest BCUT2D eigenvalue weighted by molar-refractivity contribution is 5.92. The van der Waals surface area contributed by atoms with Crippen molar-refractivity contribution in [1.29, 1.82) is 0 Å². The first-order valence-corrected chi connectivity index (χ1v) is 8.10. The van der Waals surface area contributed by atoms with Crippen molar-refractivity contribution in [3.05, 3.63) is 70.3 Å². The lowest BCUT2D eigenvalue weighted by Crippen LogP contribution is -2.20. The molecular formula is C19H18N2O6. The van der Waals surface area contributed by atoms with Gasteiger partial charge in [0.1, 0.15) is 5.75 Å². The summed E-state index contributed by atoms with van der Waals surface area (Å²) in [6.45, 7) is 1.81. The van der Waals surface area contributed by atoms with Gasteiger partial charge in [-0.25, -0.2) is 4.79 Å². The van der Waals surface area contributed by atoms with Crippen LogP contribution in [0, 0.1) is 10.1 Å². The predicted octanol–water partition coefficient (Wildman–Crippen LogP) is 3.19. The van der Waals surface area contributed by atoms with E-state index in [4.69, 9.17) is 9.47 Å². The van der Waals surface area contributed by atoms with Crippen LogP contribution in [0.15, 0.2) is 54.6 Å². The third kappa shape index (κ3) is 6.62. The second-order valence-corrected chi connectivity index (χ2v) is 5.30. The normalized spacial score (nSPS) is 10.4. The van der Waals surface area contributed by atoms with Gasteiger partial charge in [0.2, 0.25) is 0 Å². The number of hydrogen-bond acceptors (Lipinski definition) is 6. The number of anilines is 1.